The minimum Gasteiger partial charge on any atom is -0.444 e. The molecule has 1 heterocycles. The lowest BCUT2D eigenvalue weighted by Crippen LogP contribution is -2.51. The number of ether oxygens (including phenoxy) is 1. The Bertz CT molecular complexity index is 815. The van der Waals surface area contributed by atoms with Gasteiger partial charge in [0.05, 0.1) is 0 Å². The van der Waals surface area contributed by atoms with Crippen molar-refractivity contribution in [3.05, 3.63) is 30.1 Å². The van der Waals surface area contributed by atoms with Gasteiger partial charge in [-0.2, -0.15) is 4.31 Å². The van der Waals surface area contributed by atoms with E-state index in [1.54, 1.807) is 20.8 Å². The fourth-order valence-electron chi connectivity index (χ4n) is 2.71. The number of alkyl carbamates (subject to hydrolysis) is 1. The van der Waals surface area contributed by atoms with Crippen molar-refractivity contribution in [1.82, 2.24) is 14.5 Å². The maximum absolute atomic E-state index is 13.8. The van der Waals surface area contributed by atoms with Crippen LogP contribution >= 0.6 is 0 Å². The third-order valence-corrected chi connectivity index (χ3v) is 5.98. The van der Waals surface area contributed by atoms with Crippen molar-refractivity contribution in [2.45, 2.75) is 37.7 Å². The highest BCUT2D eigenvalue weighted by Gasteiger charge is 2.31. The van der Waals surface area contributed by atoms with Crippen LogP contribution in [0.1, 0.15) is 27.2 Å². The summed E-state index contributed by atoms with van der Waals surface area (Å²) < 4.78 is 45.2. The zero-order valence-corrected chi connectivity index (χ0v) is 17.1. The second kappa shape index (κ2) is 8.87. The third kappa shape index (κ3) is 5.90. The van der Waals surface area contributed by atoms with Gasteiger partial charge in [0.1, 0.15) is 16.3 Å². The van der Waals surface area contributed by atoms with Crippen LogP contribution in [0, 0.1) is 5.82 Å². The van der Waals surface area contributed by atoms with E-state index in [-0.39, 0.29) is 49.9 Å². The Balaban J connectivity index is 1.82. The molecule has 10 heteroatoms. The van der Waals surface area contributed by atoms with Crippen molar-refractivity contribution >= 4 is 22.0 Å². The largest absolute Gasteiger partial charge is 0.444 e. The Kier molecular flexibility index (Phi) is 7.00. The van der Waals surface area contributed by atoms with Gasteiger partial charge < -0.3 is 15.0 Å². The molecule has 1 aromatic carbocycles. The molecule has 1 N–H and O–H groups in total. The molecule has 0 aromatic heterocycles. The van der Waals surface area contributed by atoms with Crippen LogP contribution in [-0.2, 0) is 19.6 Å². The number of sulfonamides is 1. The Morgan fingerprint density at radius 3 is 2.32 bits per heavy atom. The predicted molar refractivity (Wildman–Crippen MR) is 101 cm³/mol. The van der Waals surface area contributed by atoms with Crippen LogP contribution in [0.3, 0.4) is 0 Å². The van der Waals surface area contributed by atoms with Crippen molar-refractivity contribution in [1.29, 1.82) is 0 Å². The van der Waals surface area contributed by atoms with Gasteiger partial charge in [-0.25, -0.2) is 17.6 Å². The van der Waals surface area contributed by atoms with Gasteiger partial charge >= 0.3 is 6.09 Å². The molecule has 0 spiro atoms. The highest BCUT2D eigenvalue weighted by atomic mass is 32.2. The number of amides is 2. The van der Waals surface area contributed by atoms with Crippen LogP contribution in [0.15, 0.2) is 29.2 Å². The first-order valence-corrected chi connectivity index (χ1v) is 10.4. The van der Waals surface area contributed by atoms with E-state index in [1.165, 1.54) is 27.4 Å². The van der Waals surface area contributed by atoms with E-state index in [1.807, 2.05) is 0 Å². The summed E-state index contributed by atoms with van der Waals surface area (Å²) in [6.07, 6.45) is -0.514. The predicted octanol–water partition coefficient (Wildman–Crippen LogP) is 1.57. The Hall–Kier alpha value is -2.20. The highest BCUT2D eigenvalue weighted by molar-refractivity contribution is 7.89. The minimum atomic E-state index is -3.94. The molecule has 1 aliphatic heterocycles. The molecule has 2 rings (SSSR count). The fourth-order valence-corrected chi connectivity index (χ4v) is 4.20. The van der Waals surface area contributed by atoms with Crippen molar-refractivity contribution in [2.75, 3.05) is 32.7 Å². The lowest BCUT2D eigenvalue weighted by molar-refractivity contribution is -0.132. The number of carbonyl (C=O) groups is 2. The fraction of sp³-hybridized carbons (Fsp3) is 0.556. The number of halogens is 1. The summed E-state index contributed by atoms with van der Waals surface area (Å²) in [7, 11) is -3.94. The van der Waals surface area contributed by atoms with Crippen LogP contribution in [-0.4, -0.2) is 67.9 Å². The second-order valence-electron chi connectivity index (χ2n) is 7.39. The third-order valence-electron chi connectivity index (χ3n) is 4.05. The van der Waals surface area contributed by atoms with Crippen molar-refractivity contribution in [3.8, 4) is 0 Å². The molecule has 0 unspecified atom stereocenters. The van der Waals surface area contributed by atoms with Gasteiger partial charge in [-0.15, -0.1) is 0 Å². The molecule has 1 fully saturated rings. The smallest absolute Gasteiger partial charge is 0.407 e. The Labute approximate surface area is 164 Å². The summed E-state index contributed by atoms with van der Waals surface area (Å²) in [5, 5.41) is 2.51. The monoisotopic (exact) mass is 415 g/mol. The molecular formula is C18H26FN3O5S. The lowest BCUT2D eigenvalue weighted by Gasteiger charge is -2.34. The minimum absolute atomic E-state index is 0.0826. The van der Waals surface area contributed by atoms with Crippen LogP contribution < -0.4 is 5.32 Å². The van der Waals surface area contributed by atoms with Crippen molar-refractivity contribution < 1.29 is 27.1 Å². The molecule has 0 saturated carbocycles. The van der Waals surface area contributed by atoms with Crippen LogP contribution in [0.4, 0.5) is 9.18 Å². The van der Waals surface area contributed by atoms with Gasteiger partial charge in [0.15, 0.2) is 0 Å². The maximum Gasteiger partial charge on any atom is 0.407 e. The first-order valence-electron chi connectivity index (χ1n) is 9.00. The highest BCUT2D eigenvalue weighted by Crippen LogP contribution is 2.20. The number of nitrogens with zero attached hydrogens (tertiary/aromatic N) is 2. The Morgan fingerprint density at radius 1 is 1.14 bits per heavy atom. The van der Waals surface area contributed by atoms with Gasteiger partial charge in [0.2, 0.25) is 15.9 Å². The quantitative estimate of drug-likeness (QED) is 0.788. The summed E-state index contributed by atoms with van der Waals surface area (Å²) >= 11 is 0. The number of carbonyl (C=O) groups excluding carboxylic acids is 2. The van der Waals surface area contributed by atoms with E-state index in [2.05, 4.69) is 5.32 Å². The molecule has 2 amide bonds. The van der Waals surface area contributed by atoms with Gasteiger partial charge in [-0.05, 0) is 32.9 Å². The number of piperazine rings is 1. The van der Waals surface area contributed by atoms with E-state index < -0.39 is 27.5 Å². The molecule has 1 aliphatic rings. The summed E-state index contributed by atoms with van der Waals surface area (Å²) in [6.45, 7) is 5.94. The maximum atomic E-state index is 13.8. The first-order chi connectivity index (χ1) is 13.0. The standard InChI is InChI=1S/C18H26FN3O5S/c1-18(2,3)27-17(24)20-9-8-16(23)21-10-12-22(13-11-21)28(25,26)15-7-5-4-6-14(15)19/h4-7H,8-13H2,1-3H3,(H,20,24). The molecule has 156 valence electrons. The molecule has 1 aromatic rings. The lowest BCUT2D eigenvalue weighted by atomic mass is 10.2. The van der Waals surface area contributed by atoms with Crippen molar-refractivity contribution in [2.24, 2.45) is 0 Å². The van der Waals surface area contributed by atoms with E-state index >= 15 is 0 Å². The molecule has 8 nitrogen and oxygen atoms in total. The number of rotatable bonds is 5. The van der Waals surface area contributed by atoms with Crippen molar-refractivity contribution in [3.63, 3.8) is 0 Å². The zero-order chi connectivity index (χ0) is 20.9. The van der Waals surface area contributed by atoms with Crippen LogP contribution in [0.2, 0.25) is 0 Å². The molecule has 0 atom stereocenters. The number of hydrogen-bond acceptors (Lipinski definition) is 5. The molecular weight excluding hydrogens is 389 g/mol. The van der Waals surface area contributed by atoms with Gasteiger partial charge in [-0.3, -0.25) is 4.79 Å². The van der Waals surface area contributed by atoms with E-state index in [0.29, 0.717) is 0 Å². The van der Waals surface area contributed by atoms with E-state index in [9.17, 15) is 22.4 Å². The van der Waals surface area contributed by atoms with Gasteiger partial charge in [0, 0.05) is 39.1 Å². The summed E-state index contributed by atoms with van der Waals surface area (Å²) in [6, 6.07) is 5.22. The molecule has 1 saturated heterocycles. The van der Waals surface area contributed by atoms with E-state index in [0.717, 1.165) is 6.07 Å². The van der Waals surface area contributed by atoms with E-state index in [4.69, 9.17) is 4.74 Å². The van der Waals surface area contributed by atoms with Gasteiger partial charge in [-0.1, -0.05) is 12.1 Å². The zero-order valence-electron chi connectivity index (χ0n) is 16.3. The topological polar surface area (TPSA) is 96.0 Å². The second-order valence-corrected chi connectivity index (χ2v) is 9.30. The summed E-state index contributed by atoms with van der Waals surface area (Å²) in [5.74, 6) is -0.992. The first kappa shape index (κ1) is 22.1. The number of benzene rings is 1. The Morgan fingerprint density at radius 2 is 1.75 bits per heavy atom. The average molecular weight is 415 g/mol. The molecule has 28 heavy (non-hydrogen) atoms. The van der Waals surface area contributed by atoms with Gasteiger partial charge in [0.25, 0.3) is 0 Å². The molecule has 0 aliphatic carbocycles. The SMILES string of the molecule is CC(C)(C)OC(=O)NCCC(=O)N1CCN(S(=O)(=O)c2ccccc2F)CC1. The average Bonchev–Trinajstić information content (AvgIpc) is 2.60. The number of nitrogens with one attached hydrogen (secondary N) is 1. The summed E-state index contributed by atoms with van der Waals surface area (Å²) in [4.78, 5) is 25.0. The number of hydrogen-bond donors (Lipinski definition) is 1. The van der Waals surface area contributed by atoms with Crippen LogP contribution in [0.5, 0.6) is 0 Å². The molecule has 0 radical (unpaired) electrons. The molecule has 0 bridgehead atoms. The van der Waals surface area contributed by atoms with Crippen LogP contribution in [0.25, 0.3) is 0 Å². The summed E-state index contributed by atoms with van der Waals surface area (Å²) in [5.41, 5.74) is -0.617. The normalized spacial score (nSPS) is 15.9.